The second-order valence-electron chi connectivity index (χ2n) is 10.1. The molecule has 4 rings (SSSR count). The predicted molar refractivity (Wildman–Crippen MR) is 127 cm³/mol. The van der Waals surface area contributed by atoms with Crippen LogP contribution in [-0.2, 0) is 27.2 Å². The van der Waals surface area contributed by atoms with E-state index < -0.39 is 41.6 Å². The van der Waals surface area contributed by atoms with E-state index in [2.05, 4.69) is 5.32 Å². The van der Waals surface area contributed by atoms with Crippen molar-refractivity contribution < 1.29 is 23.2 Å². The molecule has 0 radical (unpaired) electrons. The standard InChI is InChI=1S/C27H31F2N3O3/c1-15(2)11-22-25(33)30-23(18-12-16-7-5-6-8-17(16)13-18)26(34)32(22)24(27(35)31(3)4)20-10-9-19(28)14-21(20)29/h5-10,14-15,18,22-24H,11-13H2,1-4H3,(H,30,33)/t22-,23-,24+/m1/s1. The molecule has 2 aromatic carbocycles. The highest BCUT2D eigenvalue weighted by molar-refractivity contribution is 6.00. The number of rotatable bonds is 6. The first kappa shape index (κ1) is 24.8. The van der Waals surface area contributed by atoms with Crippen molar-refractivity contribution in [3.05, 3.63) is 70.8 Å². The van der Waals surface area contributed by atoms with Crippen molar-refractivity contribution in [2.45, 2.75) is 51.2 Å². The van der Waals surface area contributed by atoms with Crippen molar-refractivity contribution in [2.24, 2.45) is 11.8 Å². The summed E-state index contributed by atoms with van der Waals surface area (Å²) in [5.74, 6) is -3.21. The molecule has 0 bridgehead atoms. The zero-order valence-electron chi connectivity index (χ0n) is 20.4. The minimum absolute atomic E-state index is 0.0292. The van der Waals surface area contributed by atoms with Gasteiger partial charge in [-0.1, -0.05) is 44.2 Å². The van der Waals surface area contributed by atoms with E-state index in [0.29, 0.717) is 25.3 Å². The van der Waals surface area contributed by atoms with Crippen molar-refractivity contribution in [1.82, 2.24) is 15.1 Å². The Balaban J connectivity index is 1.78. The number of nitrogens with one attached hydrogen (secondary N) is 1. The summed E-state index contributed by atoms with van der Waals surface area (Å²) in [5, 5.41) is 2.92. The largest absolute Gasteiger partial charge is 0.347 e. The topological polar surface area (TPSA) is 69.7 Å². The lowest BCUT2D eigenvalue weighted by Gasteiger charge is -2.45. The maximum absolute atomic E-state index is 15.0. The first-order valence-corrected chi connectivity index (χ1v) is 11.9. The van der Waals surface area contributed by atoms with E-state index in [1.54, 1.807) is 0 Å². The van der Waals surface area contributed by atoms with Gasteiger partial charge in [0.15, 0.2) is 0 Å². The molecule has 1 aliphatic heterocycles. The van der Waals surface area contributed by atoms with Crippen LogP contribution >= 0.6 is 0 Å². The molecule has 186 valence electrons. The van der Waals surface area contributed by atoms with Crippen LogP contribution in [0.15, 0.2) is 42.5 Å². The lowest BCUT2D eigenvalue weighted by atomic mass is 9.87. The quantitative estimate of drug-likeness (QED) is 0.686. The zero-order valence-corrected chi connectivity index (χ0v) is 20.4. The third kappa shape index (κ3) is 4.79. The molecule has 8 heteroatoms. The van der Waals surface area contributed by atoms with Gasteiger partial charge < -0.3 is 15.1 Å². The van der Waals surface area contributed by atoms with Crippen LogP contribution in [0.2, 0.25) is 0 Å². The summed E-state index contributed by atoms with van der Waals surface area (Å²) in [7, 11) is 3.02. The van der Waals surface area contributed by atoms with E-state index in [1.165, 1.54) is 30.0 Å². The molecule has 3 atom stereocenters. The molecule has 35 heavy (non-hydrogen) atoms. The van der Waals surface area contributed by atoms with Crippen molar-refractivity contribution in [2.75, 3.05) is 14.1 Å². The predicted octanol–water partition coefficient (Wildman–Crippen LogP) is 3.25. The van der Waals surface area contributed by atoms with Crippen LogP contribution < -0.4 is 5.32 Å². The van der Waals surface area contributed by atoms with Crippen molar-refractivity contribution in [1.29, 1.82) is 0 Å². The van der Waals surface area contributed by atoms with E-state index in [1.807, 2.05) is 38.1 Å². The van der Waals surface area contributed by atoms with Crippen molar-refractivity contribution in [3.8, 4) is 0 Å². The minimum Gasteiger partial charge on any atom is -0.347 e. The summed E-state index contributed by atoms with van der Waals surface area (Å²) in [4.78, 5) is 43.4. The van der Waals surface area contributed by atoms with Gasteiger partial charge in [0.2, 0.25) is 17.7 Å². The molecular formula is C27H31F2N3O3. The van der Waals surface area contributed by atoms with E-state index in [0.717, 1.165) is 17.2 Å². The molecular weight excluding hydrogens is 452 g/mol. The smallest absolute Gasteiger partial charge is 0.249 e. The summed E-state index contributed by atoms with van der Waals surface area (Å²) >= 11 is 0. The molecule has 0 saturated carbocycles. The third-order valence-electron chi connectivity index (χ3n) is 6.92. The maximum Gasteiger partial charge on any atom is 0.249 e. The Labute approximate surface area is 204 Å². The van der Waals surface area contributed by atoms with Gasteiger partial charge in [-0.2, -0.15) is 0 Å². The van der Waals surface area contributed by atoms with E-state index >= 15 is 4.39 Å². The van der Waals surface area contributed by atoms with Gasteiger partial charge in [0.05, 0.1) is 0 Å². The van der Waals surface area contributed by atoms with Gasteiger partial charge in [-0.25, -0.2) is 8.78 Å². The highest BCUT2D eigenvalue weighted by Gasteiger charge is 2.50. The summed E-state index contributed by atoms with van der Waals surface area (Å²) in [6, 6.07) is 7.65. The number of likely N-dealkylation sites (N-methyl/N-ethyl adjacent to an activating group) is 1. The number of nitrogens with zero attached hydrogens (tertiary/aromatic N) is 2. The second kappa shape index (κ2) is 9.76. The van der Waals surface area contributed by atoms with Gasteiger partial charge in [-0.05, 0) is 48.3 Å². The molecule has 2 aliphatic rings. The average molecular weight is 484 g/mol. The Morgan fingerprint density at radius 3 is 2.26 bits per heavy atom. The van der Waals surface area contributed by atoms with Crippen LogP contribution in [-0.4, -0.2) is 53.7 Å². The number of amides is 3. The Morgan fingerprint density at radius 1 is 1.09 bits per heavy atom. The Morgan fingerprint density at radius 2 is 1.71 bits per heavy atom. The molecule has 0 aromatic heterocycles. The normalized spacial score (nSPS) is 21.2. The summed E-state index contributed by atoms with van der Waals surface area (Å²) in [5.41, 5.74) is 2.12. The Hall–Kier alpha value is -3.29. The monoisotopic (exact) mass is 483 g/mol. The van der Waals surface area contributed by atoms with Gasteiger partial charge in [0.1, 0.15) is 29.8 Å². The number of carbonyl (C=O) groups is 3. The van der Waals surface area contributed by atoms with Gasteiger partial charge in [-0.3, -0.25) is 14.4 Å². The van der Waals surface area contributed by atoms with Crippen LogP contribution in [0.25, 0.3) is 0 Å². The fourth-order valence-electron chi connectivity index (χ4n) is 5.24. The minimum atomic E-state index is -1.39. The van der Waals surface area contributed by atoms with Crippen LogP contribution in [0, 0.1) is 23.5 Å². The molecule has 1 fully saturated rings. The fourth-order valence-corrected chi connectivity index (χ4v) is 5.24. The van der Waals surface area contributed by atoms with Crippen LogP contribution in [0.1, 0.15) is 43.0 Å². The molecule has 1 aliphatic carbocycles. The fraction of sp³-hybridized carbons (Fsp3) is 0.444. The van der Waals surface area contributed by atoms with E-state index in [9.17, 15) is 18.8 Å². The van der Waals surface area contributed by atoms with Gasteiger partial charge >= 0.3 is 0 Å². The lowest BCUT2D eigenvalue weighted by Crippen LogP contribution is -2.67. The molecule has 1 saturated heterocycles. The Bertz CT molecular complexity index is 1130. The lowest BCUT2D eigenvalue weighted by molar-refractivity contribution is -0.159. The number of piperazine rings is 1. The van der Waals surface area contributed by atoms with Crippen LogP contribution in [0.4, 0.5) is 8.78 Å². The second-order valence-corrected chi connectivity index (χ2v) is 10.1. The molecule has 6 nitrogen and oxygen atoms in total. The third-order valence-corrected chi connectivity index (χ3v) is 6.92. The molecule has 3 amide bonds. The van der Waals surface area contributed by atoms with Crippen molar-refractivity contribution in [3.63, 3.8) is 0 Å². The molecule has 0 spiro atoms. The molecule has 0 unspecified atom stereocenters. The van der Waals surface area contributed by atoms with Crippen LogP contribution in [0.3, 0.4) is 0 Å². The summed E-state index contributed by atoms with van der Waals surface area (Å²) in [6.07, 6.45) is 1.54. The highest BCUT2D eigenvalue weighted by Crippen LogP contribution is 2.36. The maximum atomic E-state index is 15.0. The molecule has 2 aromatic rings. The summed E-state index contributed by atoms with van der Waals surface area (Å²) < 4.78 is 28.7. The first-order chi connectivity index (χ1) is 16.6. The number of carbonyl (C=O) groups excluding carboxylic acids is 3. The first-order valence-electron chi connectivity index (χ1n) is 11.9. The van der Waals surface area contributed by atoms with Crippen molar-refractivity contribution >= 4 is 17.7 Å². The van der Waals surface area contributed by atoms with Crippen LogP contribution in [0.5, 0.6) is 0 Å². The number of hydrogen-bond donors (Lipinski definition) is 1. The zero-order chi connectivity index (χ0) is 25.4. The molecule has 1 N–H and O–H groups in total. The highest BCUT2D eigenvalue weighted by atomic mass is 19.1. The van der Waals surface area contributed by atoms with Gasteiger partial charge in [0, 0.05) is 25.7 Å². The molecule has 1 heterocycles. The van der Waals surface area contributed by atoms with Gasteiger partial charge in [0.25, 0.3) is 0 Å². The SMILES string of the molecule is CC(C)C[C@@H]1C(=O)N[C@H](C2Cc3ccccc3C2)C(=O)N1[C@H](C(=O)N(C)C)c1ccc(F)cc1F. The summed E-state index contributed by atoms with van der Waals surface area (Å²) in [6.45, 7) is 3.83. The Kier molecular flexibility index (Phi) is 6.92. The average Bonchev–Trinajstić information content (AvgIpc) is 3.22. The number of benzene rings is 2. The van der Waals surface area contributed by atoms with Gasteiger partial charge in [-0.15, -0.1) is 0 Å². The van der Waals surface area contributed by atoms with E-state index in [4.69, 9.17) is 0 Å². The number of hydrogen-bond acceptors (Lipinski definition) is 3. The van der Waals surface area contributed by atoms with E-state index in [-0.39, 0.29) is 23.3 Å². The number of halogens is 2. The number of fused-ring (bicyclic) bond motifs is 1.